The van der Waals surface area contributed by atoms with E-state index in [0.29, 0.717) is 17.9 Å². The summed E-state index contributed by atoms with van der Waals surface area (Å²) in [5.41, 5.74) is 1.86. The Labute approximate surface area is 171 Å². The Morgan fingerprint density at radius 3 is 2.10 bits per heavy atom. The Hall–Kier alpha value is -3.11. The van der Waals surface area contributed by atoms with Crippen LogP contribution < -0.4 is 10.1 Å². The quantitative estimate of drug-likeness (QED) is 0.658. The monoisotopic (exact) mass is 387 g/mol. The molecule has 4 nitrogen and oxygen atoms in total. The van der Waals surface area contributed by atoms with Gasteiger partial charge < -0.3 is 15.2 Å². The van der Waals surface area contributed by atoms with Crippen molar-refractivity contribution in [2.24, 2.45) is 0 Å². The highest BCUT2D eigenvalue weighted by Gasteiger charge is 2.33. The van der Waals surface area contributed by atoms with Crippen LogP contribution in [0.5, 0.6) is 11.5 Å². The summed E-state index contributed by atoms with van der Waals surface area (Å²) < 4.78 is 5.96. The molecule has 2 N–H and O–H groups in total. The van der Waals surface area contributed by atoms with Gasteiger partial charge in [-0.15, -0.1) is 0 Å². The van der Waals surface area contributed by atoms with Crippen molar-refractivity contribution in [2.45, 2.75) is 31.3 Å². The lowest BCUT2D eigenvalue weighted by Gasteiger charge is -2.29. The van der Waals surface area contributed by atoms with E-state index in [1.165, 1.54) is 5.56 Å². The number of fused-ring (bicyclic) bond motifs is 2. The van der Waals surface area contributed by atoms with Crippen molar-refractivity contribution in [2.75, 3.05) is 6.54 Å². The predicted molar refractivity (Wildman–Crippen MR) is 113 cm³/mol. The first-order valence-corrected chi connectivity index (χ1v) is 9.93. The molecule has 3 aromatic carbocycles. The van der Waals surface area contributed by atoms with Crippen LogP contribution >= 0.6 is 0 Å². The molecule has 0 spiro atoms. The number of carbonyl (C=O) groups is 1. The summed E-state index contributed by atoms with van der Waals surface area (Å²) in [6.45, 7) is 1.96. The fourth-order valence-corrected chi connectivity index (χ4v) is 3.72. The van der Waals surface area contributed by atoms with Gasteiger partial charge in [0.15, 0.2) is 0 Å². The molecule has 4 rings (SSSR count). The van der Waals surface area contributed by atoms with E-state index in [4.69, 9.17) is 4.74 Å². The van der Waals surface area contributed by atoms with Crippen molar-refractivity contribution < 1.29 is 14.6 Å². The number of nitrogens with one attached hydrogen (secondary N) is 1. The molecule has 1 unspecified atom stereocenters. The minimum atomic E-state index is -0.990. The van der Waals surface area contributed by atoms with E-state index >= 15 is 0 Å². The SMILES string of the molecule is CC(O)(CCc1ccccc1)CNC(=O)C1c2ccccc2Oc2ccccc21. The van der Waals surface area contributed by atoms with E-state index in [9.17, 15) is 9.90 Å². The van der Waals surface area contributed by atoms with Gasteiger partial charge in [0.05, 0.1) is 11.5 Å². The first kappa shape index (κ1) is 19.2. The lowest BCUT2D eigenvalue weighted by atomic mass is 9.87. The van der Waals surface area contributed by atoms with Crippen molar-refractivity contribution in [1.29, 1.82) is 0 Å². The topological polar surface area (TPSA) is 58.6 Å². The molecule has 0 aromatic heterocycles. The van der Waals surface area contributed by atoms with E-state index in [2.05, 4.69) is 5.32 Å². The van der Waals surface area contributed by atoms with Crippen LogP contribution in [0.4, 0.5) is 0 Å². The zero-order chi connectivity index (χ0) is 20.3. The van der Waals surface area contributed by atoms with Gasteiger partial charge in [-0.05, 0) is 37.5 Å². The molecule has 0 saturated heterocycles. The van der Waals surface area contributed by atoms with Gasteiger partial charge in [0.2, 0.25) is 5.91 Å². The van der Waals surface area contributed by atoms with Crippen molar-refractivity contribution in [3.63, 3.8) is 0 Å². The van der Waals surface area contributed by atoms with Crippen molar-refractivity contribution in [1.82, 2.24) is 5.32 Å². The highest BCUT2D eigenvalue weighted by atomic mass is 16.5. The molecule has 0 fully saturated rings. The molecule has 1 aliphatic heterocycles. The van der Waals surface area contributed by atoms with E-state index < -0.39 is 11.5 Å². The van der Waals surface area contributed by atoms with Crippen molar-refractivity contribution >= 4 is 5.91 Å². The third-order valence-electron chi connectivity index (χ3n) is 5.38. The number of para-hydroxylation sites is 2. The maximum Gasteiger partial charge on any atom is 0.232 e. The summed E-state index contributed by atoms with van der Waals surface area (Å²) in [5, 5.41) is 13.7. The first-order valence-electron chi connectivity index (χ1n) is 9.93. The van der Waals surface area contributed by atoms with Crippen LogP contribution in [0.3, 0.4) is 0 Å². The van der Waals surface area contributed by atoms with Gasteiger partial charge in [0.25, 0.3) is 0 Å². The number of rotatable bonds is 6. The van der Waals surface area contributed by atoms with Gasteiger partial charge in [0.1, 0.15) is 11.5 Å². The van der Waals surface area contributed by atoms with E-state index in [0.717, 1.165) is 17.5 Å². The lowest BCUT2D eigenvalue weighted by molar-refractivity contribution is -0.123. The zero-order valence-corrected chi connectivity index (χ0v) is 16.5. The average molecular weight is 387 g/mol. The van der Waals surface area contributed by atoms with E-state index in [1.807, 2.05) is 78.9 Å². The normalized spacial score (nSPS) is 14.8. The fraction of sp³-hybridized carbons (Fsp3) is 0.240. The van der Waals surface area contributed by atoms with Crippen molar-refractivity contribution in [3.05, 3.63) is 95.6 Å². The van der Waals surface area contributed by atoms with Gasteiger partial charge in [-0.3, -0.25) is 4.79 Å². The summed E-state index contributed by atoms with van der Waals surface area (Å²) >= 11 is 0. The molecule has 3 aromatic rings. The van der Waals surface area contributed by atoms with Crippen LogP contribution in [0.15, 0.2) is 78.9 Å². The van der Waals surface area contributed by atoms with Gasteiger partial charge >= 0.3 is 0 Å². The molecule has 148 valence electrons. The van der Waals surface area contributed by atoms with Crippen LogP contribution in [0.1, 0.15) is 36.0 Å². The van der Waals surface area contributed by atoms with Crippen LogP contribution in [0.25, 0.3) is 0 Å². The number of aliphatic hydroxyl groups is 1. The van der Waals surface area contributed by atoms with E-state index in [1.54, 1.807) is 6.92 Å². The number of amides is 1. The number of ether oxygens (including phenoxy) is 1. The Morgan fingerprint density at radius 2 is 1.48 bits per heavy atom. The zero-order valence-electron chi connectivity index (χ0n) is 16.5. The molecule has 1 heterocycles. The minimum Gasteiger partial charge on any atom is -0.457 e. The summed E-state index contributed by atoms with van der Waals surface area (Å²) in [7, 11) is 0. The number of hydrogen-bond acceptors (Lipinski definition) is 3. The maximum absolute atomic E-state index is 13.2. The molecule has 1 atom stereocenters. The number of aryl methyl sites for hydroxylation is 1. The number of benzene rings is 3. The molecule has 4 heteroatoms. The molecule has 0 radical (unpaired) electrons. The number of carbonyl (C=O) groups excluding carboxylic acids is 1. The molecular formula is C25H25NO3. The highest BCUT2D eigenvalue weighted by Crippen LogP contribution is 2.43. The number of hydrogen-bond donors (Lipinski definition) is 2. The Kier molecular flexibility index (Phi) is 5.36. The summed E-state index contributed by atoms with van der Waals surface area (Å²) in [5.74, 6) is 0.804. The van der Waals surface area contributed by atoms with Gasteiger partial charge in [-0.25, -0.2) is 0 Å². The summed E-state index contributed by atoms with van der Waals surface area (Å²) in [6, 6.07) is 25.3. The van der Waals surface area contributed by atoms with Crippen LogP contribution in [-0.4, -0.2) is 23.2 Å². The summed E-state index contributed by atoms with van der Waals surface area (Å²) in [6.07, 6.45) is 1.32. The predicted octanol–water partition coefficient (Wildman–Crippen LogP) is 4.42. The molecule has 0 aliphatic carbocycles. The lowest BCUT2D eigenvalue weighted by Crippen LogP contribution is -2.43. The Morgan fingerprint density at radius 1 is 0.931 bits per heavy atom. The third-order valence-corrected chi connectivity index (χ3v) is 5.38. The van der Waals surface area contributed by atoms with E-state index in [-0.39, 0.29) is 12.5 Å². The van der Waals surface area contributed by atoms with Crippen LogP contribution in [-0.2, 0) is 11.2 Å². The largest absolute Gasteiger partial charge is 0.457 e. The Balaban J connectivity index is 1.47. The summed E-state index contributed by atoms with van der Waals surface area (Å²) in [4.78, 5) is 13.2. The second-order valence-corrected chi connectivity index (χ2v) is 7.81. The first-order chi connectivity index (χ1) is 14.0. The smallest absolute Gasteiger partial charge is 0.232 e. The van der Waals surface area contributed by atoms with Crippen LogP contribution in [0.2, 0.25) is 0 Å². The minimum absolute atomic E-state index is 0.131. The van der Waals surface area contributed by atoms with Gasteiger partial charge in [-0.2, -0.15) is 0 Å². The van der Waals surface area contributed by atoms with Crippen LogP contribution in [0, 0.1) is 0 Å². The Bertz CT molecular complexity index is 952. The molecule has 0 saturated carbocycles. The molecule has 1 amide bonds. The third kappa shape index (κ3) is 4.33. The standard InChI is InChI=1S/C25H25NO3/c1-25(28,16-15-18-9-3-2-4-10-18)17-26-24(27)23-19-11-5-7-13-21(19)29-22-14-8-6-12-20(22)23/h2-14,23,28H,15-17H2,1H3,(H,26,27). The molecule has 1 aliphatic rings. The second-order valence-electron chi connectivity index (χ2n) is 7.81. The molecule has 0 bridgehead atoms. The van der Waals surface area contributed by atoms with Gasteiger partial charge in [0, 0.05) is 17.7 Å². The highest BCUT2D eigenvalue weighted by molar-refractivity contribution is 5.89. The maximum atomic E-state index is 13.2. The average Bonchev–Trinajstić information content (AvgIpc) is 2.75. The fourth-order valence-electron chi connectivity index (χ4n) is 3.72. The second kappa shape index (κ2) is 8.10. The molecule has 29 heavy (non-hydrogen) atoms. The van der Waals surface area contributed by atoms with Crippen molar-refractivity contribution in [3.8, 4) is 11.5 Å². The molecular weight excluding hydrogens is 362 g/mol. The van der Waals surface area contributed by atoms with Gasteiger partial charge in [-0.1, -0.05) is 66.7 Å².